The van der Waals surface area contributed by atoms with E-state index in [9.17, 15) is 0 Å². The molecule has 0 bridgehead atoms. The molecule has 0 saturated carbocycles. The summed E-state index contributed by atoms with van der Waals surface area (Å²) in [4.78, 5) is 0. The summed E-state index contributed by atoms with van der Waals surface area (Å²) in [5, 5.41) is 0. The molecule has 0 amide bonds. The van der Waals surface area contributed by atoms with Crippen molar-refractivity contribution in [3.63, 3.8) is 0 Å². The zero-order valence-corrected chi connectivity index (χ0v) is 7.78. The molecule has 4 heavy (non-hydrogen) atoms. The van der Waals surface area contributed by atoms with Crippen molar-refractivity contribution in [2.45, 2.75) is 0 Å². The predicted molar refractivity (Wildman–Crippen MR) is 6.44 cm³/mol. The Bertz CT molecular complexity index is 8.00. The van der Waals surface area contributed by atoms with E-state index in [1.54, 1.807) is 0 Å². The van der Waals surface area contributed by atoms with E-state index < -0.39 is 0 Å². The maximum Gasteiger partial charge on any atom is 2.00 e. The van der Waals surface area contributed by atoms with E-state index in [2.05, 4.69) is 0 Å². The second-order valence-electron chi connectivity index (χ2n) is 0. The van der Waals surface area contributed by atoms with Gasteiger partial charge in [0.2, 0.25) is 0 Å². The van der Waals surface area contributed by atoms with Gasteiger partial charge in [-0.3, -0.25) is 0 Å². The van der Waals surface area contributed by atoms with Gasteiger partial charge in [-0.1, -0.05) is 0 Å². The Morgan fingerprint density at radius 3 is 1.00 bits per heavy atom. The topological polar surface area (TPSA) is 28.5 Å². The summed E-state index contributed by atoms with van der Waals surface area (Å²) in [5.74, 6) is 0. The molecule has 0 aliphatic rings. The Balaban J connectivity index is 0. The first-order valence-corrected chi connectivity index (χ1v) is 0. The van der Waals surface area contributed by atoms with Crippen molar-refractivity contribution in [2.24, 2.45) is 0 Å². The normalized spacial score (nSPS) is 0. The molecule has 0 aliphatic carbocycles. The van der Waals surface area contributed by atoms with Crippen molar-refractivity contribution >= 4 is 37.7 Å². The third kappa shape index (κ3) is 8.83. The number of hydrogen-bond donors (Lipinski definition) is 0. The van der Waals surface area contributed by atoms with Gasteiger partial charge in [-0.2, -0.15) is 0 Å². The standard InChI is InChI=1S/Ca.Fe.Na.O/q2*+2;+1;-2. The molecule has 0 unspecified atom stereocenters. The second kappa shape index (κ2) is 17.2. The SMILES string of the molecule is [Ca+2].[Fe+2].[Na+].[O-2]. The van der Waals surface area contributed by atoms with Crippen LogP contribution in [0.15, 0.2) is 0 Å². The van der Waals surface area contributed by atoms with Gasteiger partial charge < -0.3 is 5.48 Å². The van der Waals surface area contributed by atoms with Crippen LogP contribution in [0.2, 0.25) is 0 Å². The minimum Gasteiger partial charge on any atom is -2.00 e. The third-order valence-corrected chi connectivity index (χ3v) is 0. The van der Waals surface area contributed by atoms with Crippen molar-refractivity contribution in [3.05, 3.63) is 0 Å². The Hall–Kier alpha value is 2.74. The van der Waals surface area contributed by atoms with E-state index in [0.717, 1.165) is 0 Å². The quantitative estimate of drug-likeness (QED) is 0.308. The first kappa shape index (κ1) is 29.6. The fourth-order valence-corrected chi connectivity index (χ4v) is 0. The van der Waals surface area contributed by atoms with E-state index in [4.69, 9.17) is 0 Å². The number of rotatable bonds is 0. The minimum absolute atomic E-state index is 0. The van der Waals surface area contributed by atoms with Crippen molar-refractivity contribution in [3.8, 4) is 0 Å². The van der Waals surface area contributed by atoms with Crippen LogP contribution in [0.3, 0.4) is 0 Å². The molecule has 14 valence electrons. The fourth-order valence-electron chi connectivity index (χ4n) is 0. The van der Waals surface area contributed by atoms with Crippen LogP contribution in [0.1, 0.15) is 0 Å². The first-order chi connectivity index (χ1) is 0. The number of hydrogen-bond acceptors (Lipinski definition) is 0. The summed E-state index contributed by atoms with van der Waals surface area (Å²) in [6, 6.07) is 0. The summed E-state index contributed by atoms with van der Waals surface area (Å²) in [7, 11) is 0. The van der Waals surface area contributed by atoms with Gasteiger partial charge in [0.25, 0.3) is 0 Å². The zero-order chi connectivity index (χ0) is 0. The van der Waals surface area contributed by atoms with E-state index in [1.807, 2.05) is 0 Å². The molecule has 0 aromatic carbocycles. The predicted octanol–water partition coefficient (Wildman–Crippen LogP) is -3.50. The summed E-state index contributed by atoms with van der Waals surface area (Å²) in [6.07, 6.45) is 0. The Morgan fingerprint density at radius 1 is 1.00 bits per heavy atom. The Kier molecular flexibility index (Phi) is 127. The van der Waals surface area contributed by atoms with Crippen molar-refractivity contribution in [1.29, 1.82) is 0 Å². The van der Waals surface area contributed by atoms with Crippen LogP contribution in [-0.4, -0.2) is 37.7 Å². The van der Waals surface area contributed by atoms with Crippen LogP contribution in [0, 0.1) is 0 Å². The van der Waals surface area contributed by atoms with Crippen LogP contribution in [0.4, 0.5) is 0 Å². The zero-order valence-electron chi connectivity index (χ0n) is 2.47. The Morgan fingerprint density at radius 2 is 1.00 bits per heavy atom. The van der Waals surface area contributed by atoms with Gasteiger partial charge in [0.05, 0.1) is 0 Å². The van der Waals surface area contributed by atoms with Gasteiger partial charge in [0.15, 0.2) is 0 Å². The Labute approximate surface area is 88.0 Å². The van der Waals surface area contributed by atoms with Gasteiger partial charge in [-0.25, -0.2) is 0 Å². The van der Waals surface area contributed by atoms with Gasteiger partial charge in [-0.15, -0.1) is 0 Å². The van der Waals surface area contributed by atoms with Crippen molar-refractivity contribution in [2.75, 3.05) is 0 Å². The van der Waals surface area contributed by atoms with Crippen LogP contribution < -0.4 is 29.6 Å². The van der Waals surface area contributed by atoms with E-state index >= 15 is 0 Å². The summed E-state index contributed by atoms with van der Waals surface area (Å²) < 4.78 is 0. The van der Waals surface area contributed by atoms with E-state index in [-0.39, 0.29) is 89.8 Å². The van der Waals surface area contributed by atoms with Gasteiger partial charge in [0.1, 0.15) is 0 Å². The minimum atomic E-state index is 0. The molecule has 0 heterocycles. The summed E-state index contributed by atoms with van der Waals surface area (Å²) >= 11 is 0. The van der Waals surface area contributed by atoms with Crippen molar-refractivity contribution in [1.82, 2.24) is 0 Å². The maximum atomic E-state index is 0. The monoisotopic (exact) mass is 135 g/mol. The van der Waals surface area contributed by atoms with Crippen LogP contribution in [-0.2, 0) is 22.5 Å². The summed E-state index contributed by atoms with van der Waals surface area (Å²) in [6.45, 7) is 0. The van der Waals surface area contributed by atoms with Gasteiger partial charge in [-0.05, 0) is 0 Å². The molecular formula is CaFeNaO+3. The smallest absolute Gasteiger partial charge is 2.00 e. The molecule has 0 N–H and O–H groups in total. The van der Waals surface area contributed by atoms with Crippen LogP contribution >= 0.6 is 0 Å². The molecule has 0 saturated heterocycles. The molecular weight excluding hydrogens is 135 g/mol. The fraction of sp³-hybridized carbons (Fsp3) is 0. The van der Waals surface area contributed by atoms with Crippen LogP contribution in [0.5, 0.6) is 0 Å². The molecule has 4 heteroatoms. The van der Waals surface area contributed by atoms with E-state index in [0.29, 0.717) is 0 Å². The van der Waals surface area contributed by atoms with E-state index in [1.165, 1.54) is 0 Å². The molecule has 0 radical (unpaired) electrons. The van der Waals surface area contributed by atoms with Gasteiger partial charge in [0, 0.05) is 0 Å². The second-order valence-corrected chi connectivity index (χ2v) is 0. The third-order valence-electron chi connectivity index (χ3n) is 0. The molecule has 0 rings (SSSR count). The molecule has 0 fully saturated rings. The first-order valence-electron chi connectivity index (χ1n) is 0. The molecule has 0 atom stereocenters. The molecule has 0 aromatic heterocycles. The average Bonchev–Trinajstić information content (AvgIpc) is 0. The van der Waals surface area contributed by atoms with Crippen molar-refractivity contribution < 1.29 is 52.1 Å². The van der Waals surface area contributed by atoms with Crippen LogP contribution in [0.25, 0.3) is 0 Å². The largest absolute Gasteiger partial charge is 2.00 e. The molecule has 0 aromatic rings. The molecule has 0 aliphatic heterocycles. The van der Waals surface area contributed by atoms with Gasteiger partial charge >= 0.3 is 84.4 Å². The average molecular weight is 135 g/mol. The molecule has 1 nitrogen and oxygen atoms in total. The summed E-state index contributed by atoms with van der Waals surface area (Å²) in [5.41, 5.74) is 0. The molecule has 0 spiro atoms. The maximum absolute atomic E-state index is 0.